The van der Waals surface area contributed by atoms with Crippen LogP contribution in [-0.2, 0) is 16.6 Å². The predicted molar refractivity (Wildman–Crippen MR) is 80.0 cm³/mol. The molecule has 0 spiro atoms. The van der Waals surface area contributed by atoms with E-state index >= 15 is 0 Å². The van der Waals surface area contributed by atoms with Crippen LogP contribution in [0.15, 0.2) is 21.6 Å². The number of unbranched alkanes of at least 4 members (excludes halogenated alkanes) is 2. The summed E-state index contributed by atoms with van der Waals surface area (Å²) in [6, 6.07) is 3.17. The molecule has 0 amide bonds. The summed E-state index contributed by atoms with van der Waals surface area (Å²) in [5.41, 5.74) is 0. The van der Waals surface area contributed by atoms with Crippen LogP contribution in [0.2, 0.25) is 0 Å². The van der Waals surface area contributed by atoms with Crippen molar-refractivity contribution in [3.05, 3.63) is 17.9 Å². The average molecular weight is 302 g/mol. The molecule has 20 heavy (non-hydrogen) atoms. The Hall–Kier alpha value is -0.850. The third-order valence-corrected chi connectivity index (χ3v) is 5.06. The van der Waals surface area contributed by atoms with Gasteiger partial charge in [-0.1, -0.05) is 19.8 Å². The number of furan rings is 1. The number of sulfonamides is 1. The van der Waals surface area contributed by atoms with E-state index in [1.54, 1.807) is 13.1 Å². The molecule has 6 heteroatoms. The first-order chi connectivity index (χ1) is 9.43. The molecule has 1 N–H and O–H groups in total. The van der Waals surface area contributed by atoms with Crippen LogP contribution in [0, 0.1) is 0 Å². The summed E-state index contributed by atoms with van der Waals surface area (Å²) in [6.07, 6.45) is 2.97. The zero-order valence-electron chi connectivity index (χ0n) is 12.8. The van der Waals surface area contributed by atoms with Crippen LogP contribution in [0.3, 0.4) is 0 Å². The topological polar surface area (TPSA) is 62.6 Å². The molecular weight excluding hydrogens is 276 g/mol. The third kappa shape index (κ3) is 4.33. The van der Waals surface area contributed by atoms with Crippen LogP contribution in [0.4, 0.5) is 0 Å². The minimum absolute atomic E-state index is 0.0351. The first-order valence-electron chi connectivity index (χ1n) is 7.18. The first kappa shape index (κ1) is 17.2. The maximum absolute atomic E-state index is 12.6. The van der Waals surface area contributed by atoms with Crippen molar-refractivity contribution in [2.75, 3.05) is 13.6 Å². The van der Waals surface area contributed by atoms with Crippen LogP contribution in [0.25, 0.3) is 0 Å². The molecule has 0 aromatic carbocycles. The van der Waals surface area contributed by atoms with Crippen molar-refractivity contribution in [3.8, 4) is 0 Å². The monoisotopic (exact) mass is 302 g/mol. The second kappa shape index (κ2) is 7.81. The molecule has 1 aromatic rings. The number of nitrogens with zero attached hydrogens (tertiary/aromatic N) is 1. The summed E-state index contributed by atoms with van der Waals surface area (Å²) in [4.78, 5) is 0. The maximum Gasteiger partial charge on any atom is 0.276 e. The molecule has 0 radical (unpaired) electrons. The molecule has 0 unspecified atom stereocenters. The Morgan fingerprint density at radius 2 is 2.00 bits per heavy atom. The van der Waals surface area contributed by atoms with Gasteiger partial charge in [-0.25, -0.2) is 8.42 Å². The molecule has 0 atom stereocenters. The SMILES string of the molecule is CCCCCN(C(C)C)S(=O)(=O)c1ccc(CNC)o1. The zero-order valence-corrected chi connectivity index (χ0v) is 13.7. The molecule has 0 bridgehead atoms. The molecule has 1 aromatic heterocycles. The number of hydrogen-bond donors (Lipinski definition) is 1. The van der Waals surface area contributed by atoms with E-state index in [2.05, 4.69) is 12.2 Å². The molecule has 0 saturated carbocycles. The van der Waals surface area contributed by atoms with E-state index in [4.69, 9.17) is 4.42 Å². The van der Waals surface area contributed by atoms with Gasteiger partial charge in [0.25, 0.3) is 10.0 Å². The fourth-order valence-corrected chi connectivity index (χ4v) is 3.66. The van der Waals surface area contributed by atoms with E-state index in [0.717, 1.165) is 19.3 Å². The second-order valence-corrected chi connectivity index (χ2v) is 6.99. The van der Waals surface area contributed by atoms with Gasteiger partial charge in [0.1, 0.15) is 5.76 Å². The Balaban J connectivity index is 2.90. The minimum atomic E-state index is -3.54. The lowest BCUT2D eigenvalue weighted by Crippen LogP contribution is -2.37. The molecule has 1 rings (SSSR count). The average Bonchev–Trinajstić information content (AvgIpc) is 2.83. The Bertz CT molecular complexity index is 494. The highest BCUT2D eigenvalue weighted by Crippen LogP contribution is 2.21. The van der Waals surface area contributed by atoms with Crippen LogP contribution in [0.5, 0.6) is 0 Å². The lowest BCUT2D eigenvalue weighted by Gasteiger charge is -2.24. The molecular formula is C14H26N2O3S. The standard InChI is InChI=1S/C14H26N2O3S/c1-5-6-7-10-16(12(2)3)20(17,18)14-9-8-13(19-14)11-15-4/h8-9,12,15H,5-7,10-11H2,1-4H3. The van der Waals surface area contributed by atoms with Gasteiger partial charge in [-0.05, 0) is 39.4 Å². The summed E-state index contributed by atoms with van der Waals surface area (Å²) in [6.45, 7) is 6.94. The maximum atomic E-state index is 12.6. The van der Waals surface area contributed by atoms with Crippen LogP contribution in [-0.4, -0.2) is 32.4 Å². The van der Waals surface area contributed by atoms with Gasteiger partial charge in [-0.3, -0.25) is 0 Å². The number of nitrogens with one attached hydrogen (secondary N) is 1. The highest BCUT2D eigenvalue weighted by Gasteiger charge is 2.29. The molecule has 0 fully saturated rings. The van der Waals surface area contributed by atoms with Gasteiger partial charge < -0.3 is 9.73 Å². The third-order valence-electron chi connectivity index (χ3n) is 3.11. The fraction of sp³-hybridized carbons (Fsp3) is 0.714. The molecule has 0 aliphatic rings. The van der Waals surface area contributed by atoms with Crippen molar-refractivity contribution in [3.63, 3.8) is 0 Å². The van der Waals surface area contributed by atoms with Gasteiger partial charge in [0.05, 0.1) is 6.54 Å². The van der Waals surface area contributed by atoms with E-state index < -0.39 is 10.0 Å². The highest BCUT2D eigenvalue weighted by atomic mass is 32.2. The molecule has 116 valence electrons. The summed E-state index contributed by atoms with van der Waals surface area (Å²) in [7, 11) is -1.75. The van der Waals surface area contributed by atoms with Crippen LogP contribution in [0.1, 0.15) is 45.8 Å². The Morgan fingerprint density at radius 3 is 2.55 bits per heavy atom. The number of rotatable bonds is 9. The van der Waals surface area contributed by atoms with Crippen LogP contribution < -0.4 is 5.32 Å². The summed E-state index contributed by atoms with van der Waals surface area (Å²) in [5.74, 6) is 0.628. The van der Waals surface area contributed by atoms with Crippen molar-refractivity contribution in [2.45, 2.75) is 57.7 Å². The Kier molecular flexibility index (Phi) is 6.71. The van der Waals surface area contributed by atoms with Gasteiger partial charge in [0.15, 0.2) is 0 Å². The van der Waals surface area contributed by atoms with E-state index in [-0.39, 0.29) is 11.1 Å². The van der Waals surface area contributed by atoms with Crippen LogP contribution >= 0.6 is 0 Å². The van der Waals surface area contributed by atoms with Crippen molar-refractivity contribution in [1.82, 2.24) is 9.62 Å². The largest absolute Gasteiger partial charge is 0.447 e. The fourth-order valence-electron chi connectivity index (χ4n) is 2.06. The lowest BCUT2D eigenvalue weighted by molar-refractivity contribution is 0.324. The Labute approximate surface area is 122 Å². The first-order valence-corrected chi connectivity index (χ1v) is 8.62. The normalized spacial score (nSPS) is 12.5. The molecule has 0 saturated heterocycles. The Morgan fingerprint density at radius 1 is 1.30 bits per heavy atom. The van der Waals surface area contributed by atoms with Crippen molar-refractivity contribution in [1.29, 1.82) is 0 Å². The molecule has 0 aliphatic carbocycles. The van der Waals surface area contributed by atoms with E-state index in [1.165, 1.54) is 10.4 Å². The molecule has 5 nitrogen and oxygen atoms in total. The van der Waals surface area contributed by atoms with Crippen molar-refractivity contribution >= 4 is 10.0 Å². The van der Waals surface area contributed by atoms with Crippen molar-refractivity contribution < 1.29 is 12.8 Å². The molecule has 1 heterocycles. The predicted octanol–water partition coefficient (Wildman–Crippen LogP) is 2.59. The van der Waals surface area contributed by atoms with E-state index in [9.17, 15) is 8.42 Å². The van der Waals surface area contributed by atoms with E-state index in [0.29, 0.717) is 18.8 Å². The smallest absolute Gasteiger partial charge is 0.276 e. The van der Waals surface area contributed by atoms with Gasteiger partial charge >= 0.3 is 0 Å². The summed E-state index contributed by atoms with van der Waals surface area (Å²) < 4.78 is 32.1. The van der Waals surface area contributed by atoms with Gasteiger partial charge in [0.2, 0.25) is 5.09 Å². The van der Waals surface area contributed by atoms with Gasteiger partial charge in [-0.15, -0.1) is 0 Å². The summed E-state index contributed by atoms with van der Waals surface area (Å²) >= 11 is 0. The lowest BCUT2D eigenvalue weighted by atomic mass is 10.2. The minimum Gasteiger partial charge on any atom is -0.447 e. The van der Waals surface area contributed by atoms with Gasteiger partial charge in [-0.2, -0.15) is 4.31 Å². The number of hydrogen-bond acceptors (Lipinski definition) is 4. The van der Waals surface area contributed by atoms with Crippen molar-refractivity contribution in [2.24, 2.45) is 0 Å². The second-order valence-electron chi connectivity index (χ2n) is 5.17. The summed E-state index contributed by atoms with van der Waals surface area (Å²) in [5, 5.41) is 2.98. The quantitative estimate of drug-likeness (QED) is 0.712. The van der Waals surface area contributed by atoms with Gasteiger partial charge in [0, 0.05) is 12.6 Å². The van der Waals surface area contributed by atoms with E-state index in [1.807, 2.05) is 13.8 Å². The highest BCUT2D eigenvalue weighted by molar-refractivity contribution is 7.89. The molecule has 0 aliphatic heterocycles. The zero-order chi connectivity index (χ0) is 15.2.